The Hall–Kier alpha value is -0.310. The van der Waals surface area contributed by atoms with Crippen LogP contribution in [0.15, 0.2) is 30.5 Å². The minimum atomic E-state index is 0. The Labute approximate surface area is 80.9 Å². The summed E-state index contributed by atoms with van der Waals surface area (Å²) in [5.41, 5.74) is 0.970. The van der Waals surface area contributed by atoms with E-state index in [-0.39, 0.29) is 29.6 Å². The van der Waals surface area contributed by atoms with Crippen molar-refractivity contribution in [2.24, 2.45) is 0 Å². The molecule has 1 aromatic carbocycles. The second-order valence-electron chi connectivity index (χ2n) is 1.90. The number of hydrogen-bond acceptors (Lipinski definition) is 1. The van der Waals surface area contributed by atoms with E-state index in [0.29, 0.717) is 0 Å². The Morgan fingerprint density at radius 1 is 1.20 bits per heavy atom. The first-order chi connectivity index (χ1) is 4.47. The number of rotatable bonds is 0. The maximum atomic E-state index is 3.87. The fraction of sp³-hybridized carbons (Fsp3) is 0. The molecule has 10 heavy (non-hydrogen) atoms. The second-order valence-corrected chi connectivity index (χ2v) is 1.90. The van der Waals surface area contributed by atoms with Crippen LogP contribution in [0.3, 0.4) is 0 Å². The molecule has 2 rings (SSSR count). The van der Waals surface area contributed by atoms with Gasteiger partial charge in [-0.15, -0.1) is 5.52 Å². The van der Waals surface area contributed by atoms with Crippen LogP contribution in [0.25, 0.3) is 10.9 Å². The van der Waals surface area contributed by atoms with Crippen molar-refractivity contribution >= 4 is 10.9 Å². The Morgan fingerprint density at radius 3 is 2.80 bits per heavy atom. The van der Waals surface area contributed by atoms with Crippen LogP contribution in [-0.2, 0) is 0 Å². The van der Waals surface area contributed by atoms with Gasteiger partial charge in [-0.1, -0.05) is 24.3 Å². The van der Waals surface area contributed by atoms with Crippen molar-refractivity contribution < 1.29 is 29.6 Å². The van der Waals surface area contributed by atoms with E-state index >= 15 is 0 Å². The first-order valence-electron chi connectivity index (χ1n) is 2.80. The monoisotopic (exact) mass is 140 g/mol. The van der Waals surface area contributed by atoms with Gasteiger partial charge in [0.25, 0.3) is 0 Å². The van der Waals surface area contributed by atoms with Gasteiger partial charge in [0.2, 0.25) is 0 Å². The summed E-state index contributed by atoms with van der Waals surface area (Å²) < 4.78 is 0. The molecule has 2 nitrogen and oxygen atoms in total. The quantitative estimate of drug-likeness (QED) is 0.403. The third-order valence-corrected chi connectivity index (χ3v) is 1.30. The van der Waals surface area contributed by atoms with Crippen LogP contribution in [0.1, 0.15) is 0 Å². The van der Waals surface area contributed by atoms with Crippen molar-refractivity contribution in [3.63, 3.8) is 0 Å². The predicted octanol–water partition coefficient (Wildman–Crippen LogP) is -1.80. The maximum absolute atomic E-state index is 3.87. The summed E-state index contributed by atoms with van der Waals surface area (Å²) in [6, 6.07) is 7.88. The van der Waals surface area contributed by atoms with Crippen LogP contribution < -0.4 is 34.7 Å². The SMILES string of the molecule is [Na+].c1ccc2[n-]ncc2c1. The second kappa shape index (κ2) is 3.19. The zero-order chi connectivity index (χ0) is 6.10. The Kier molecular flexibility index (Phi) is 2.49. The molecule has 0 saturated heterocycles. The number of benzene rings is 1. The first-order valence-corrected chi connectivity index (χ1v) is 2.80. The molecule has 0 aliphatic heterocycles. The summed E-state index contributed by atoms with van der Waals surface area (Å²) in [5.74, 6) is 0. The average Bonchev–Trinajstić information content (AvgIpc) is 2.33. The predicted molar refractivity (Wildman–Crippen MR) is 35.1 cm³/mol. The van der Waals surface area contributed by atoms with Crippen molar-refractivity contribution in [1.29, 1.82) is 0 Å². The van der Waals surface area contributed by atoms with Gasteiger partial charge in [-0.05, 0) is 5.39 Å². The summed E-state index contributed by atoms with van der Waals surface area (Å²) in [4.78, 5) is 0. The molecule has 0 unspecified atom stereocenters. The van der Waals surface area contributed by atoms with Gasteiger partial charge < -0.3 is 10.2 Å². The van der Waals surface area contributed by atoms with Crippen LogP contribution in [0.5, 0.6) is 0 Å². The van der Waals surface area contributed by atoms with Crippen molar-refractivity contribution in [3.8, 4) is 0 Å². The van der Waals surface area contributed by atoms with Gasteiger partial charge in [0.1, 0.15) is 0 Å². The van der Waals surface area contributed by atoms with Crippen LogP contribution >= 0.6 is 0 Å². The molecule has 1 heterocycles. The summed E-state index contributed by atoms with van der Waals surface area (Å²) >= 11 is 0. The molecule has 0 amide bonds. The molecule has 0 aliphatic rings. The maximum Gasteiger partial charge on any atom is 1.00 e. The Morgan fingerprint density at radius 2 is 2.00 bits per heavy atom. The standard InChI is InChI=1S/C7H5N2.Na/c1-2-4-7-6(3-1)5-8-9-7;/h1-5H;/q-1;+1. The molecule has 3 heteroatoms. The molecule has 0 spiro atoms. The van der Waals surface area contributed by atoms with Gasteiger partial charge in [0.15, 0.2) is 0 Å². The minimum absolute atomic E-state index is 0. The van der Waals surface area contributed by atoms with Crippen molar-refractivity contribution in [1.82, 2.24) is 10.2 Å². The third-order valence-electron chi connectivity index (χ3n) is 1.30. The van der Waals surface area contributed by atoms with E-state index in [1.54, 1.807) is 6.20 Å². The molecular weight excluding hydrogens is 135 g/mol. The van der Waals surface area contributed by atoms with Crippen molar-refractivity contribution in [2.75, 3.05) is 0 Å². The van der Waals surface area contributed by atoms with Crippen LogP contribution in [0.2, 0.25) is 0 Å². The van der Waals surface area contributed by atoms with Gasteiger partial charge in [0.05, 0.1) is 0 Å². The molecule has 1 aromatic heterocycles. The summed E-state index contributed by atoms with van der Waals surface area (Å²) in [6.07, 6.45) is 1.76. The number of fused-ring (bicyclic) bond motifs is 1. The van der Waals surface area contributed by atoms with Gasteiger partial charge in [-0.25, -0.2) is 0 Å². The van der Waals surface area contributed by atoms with E-state index in [4.69, 9.17) is 0 Å². The number of hydrogen-bond donors (Lipinski definition) is 0. The van der Waals surface area contributed by atoms with E-state index < -0.39 is 0 Å². The zero-order valence-electron chi connectivity index (χ0n) is 5.78. The smallest absolute Gasteiger partial charge is 0.575 e. The molecule has 0 fully saturated rings. The first kappa shape index (κ1) is 7.79. The van der Waals surface area contributed by atoms with Gasteiger partial charge in [0, 0.05) is 6.20 Å². The van der Waals surface area contributed by atoms with Crippen LogP contribution in [-0.4, -0.2) is 5.10 Å². The number of aromatic nitrogens is 2. The summed E-state index contributed by atoms with van der Waals surface area (Å²) in [6.45, 7) is 0. The molecule has 0 aliphatic carbocycles. The topological polar surface area (TPSA) is 27.0 Å². The molecule has 2 aromatic rings. The fourth-order valence-corrected chi connectivity index (χ4v) is 0.841. The van der Waals surface area contributed by atoms with E-state index in [0.717, 1.165) is 10.9 Å². The van der Waals surface area contributed by atoms with Gasteiger partial charge >= 0.3 is 29.6 Å². The zero-order valence-corrected chi connectivity index (χ0v) is 7.78. The van der Waals surface area contributed by atoms with Crippen molar-refractivity contribution in [2.45, 2.75) is 0 Å². The third kappa shape index (κ3) is 1.24. The molecule has 0 radical (unpaired) electrons. The largest absolute Gasteiger partial charge is 1.00 e. The van der Waals surface area contributed by atoms with Crippen molar-refractivity contribution in [3.05, 3.63) is 30.5 Å². The van der Waals surface area contributed by atoms with Gasteiger partial charge in [-0.2, -0.15) is 0 Å². The summed E-state index contributed by atoms with van der Waals surface area (Å²) in [5, 5.41) is 8.73. The molecule has 0 saturated carbocycles. The average molecular weight is 140 g/mol. The molecular formula is C7H5N2Na. The molecule has 0 N–H and O–H groups in total. The van der Waals surface area contributed by atoms with Gasteiger partial charge in [-0.3, -0.25) is 0 Å². The Balaban J connectivity index is 0.000000500. The molecule has 0 bridgehead atoms. The summed E-state index contributed by atoms with van der Waals surface area (Å²) in [7, 11) is 0. The van der Waals surface area contributed by atoms with Crippen LogP contribution in [0, 0.1) is 0 Å². The Bertz CT molecular complexity index is 286. The van der Waals surface area contributed by atoms with E-state index in [1.807, 2.05) is 24.3 Å². The van der Waals surface area contributed by atoms with E-state index in [9.17, 15) is 0 Å². The van der Waals surface area contributed by atoms with E-state index in [2.05, 4.69) is 10.2 Å². The molecule has 44 valence electrons. The number of nitrogens with zero attached hydrogens (tertiary/aromatic N) is 2. The molecule has 0 atom stereocenters. The van der Waals surface area contributed by atoms with E-state index in [1.165, 1.54) is 0 Å². The minimum Gasteiger partial charge on any atom is -0.575 e. The van der Waals surface area contributed by atoms with Crippen LogP contribution in [0.4, 0.5) is 0 Å². The normalized spacial score (nSPS) is 9.20. The fourth-order valence-electron chi connectivity index (χ4n) is 0.841.